The van der Waals surface area contributed by atoms with Crippen molar-refractivity contribution in [2.75, 3.05) is 7.11 Å². The van der Waals surface area contributed by atoms with Gasteiger partial charge in [0.05, 0.1) is 23.8 Å². The summed E-state index contributed by atoms with van der Waals surface area (Å²) < 4.78 is 33.2. The van der Waals surface area contributed by atoms with Crippen LogP contribution in [0, 0.1) is 6.92 Å². The first kappa shape index (κ1) is 19.2. The fraction of sp³-hybridized carbons (Fsp3) is 0.174. The molecule has 29 heavy (non-hydrogen) atoms. The molecule has 0 radical (unpaired) electrons. The number of aryl methyl sites for hydroxylation is 1. The van der Waals surface area contributed by atoms with Gasteiger partial charge in [0.25, 0.3) is 10.0 Å². The molecule has 0 saturated carbocycles. The number of hydrazone groups is 1. The third kappa shape index (κ3) is 3.76. The van der Waals surface area contributed by atoms with Crippen LogP contribution >= 0.6 is 0 Å². The summed E-state index contributed by atoms with van der Waals surface area (Å²) in [5.41, 5.74) is 3.70. The monoisotopic (exact) mass is 406 g/mol. The van der Waals surface area contributed by atoms with E-state index in [4.69, 9.17) is 4.74 Å². The molecule has 0 fully saturated rings. The Morgan fingerprint density at radius 2 is 1.59 bits per heavy atom. The van der Waals surface area contributed by atoms with Crippen molar-refractivity contribution in [1.82, 2.24) is 4.41 Å². The van der Waals surface area contributed by atoms with Crippen LogP contribution in [0.15, 0.2) is 88.9 Å². The Balaban J connectivity index is 1.78. The first-order chi connectivity index (χ1) is 14.0. The van der Waals surface area contributed by atoms with Crippen LogP contribution in [0.25, 0.3) is 0 Å². The van der Waals surface area contributed by atoms with E-state index in [1.807, 2.05) is 55.5 Å². The van der Waals surface area contributed by atoms with E-state index in [0.29, 0.717) is 6.42 Å². The largest absolute Gasteiger partial charge is 0.497 e. The van der Waals surface area contributed by atoms with Crippen LogP contribution in [-0.2, 0) is 10.0 Å². The van der Waals surface area contributed by atoms with Gasteiger partial charge in [-0.15, -0.1) is 0 Å². The Morgan fingerprint density at radius 3 is 2.21 bits per heavy atom. The van der Waals surface area contributed by atoms with Crippen LogP contribution < -0.4 is 4.74 Å². The Hall–Kier alpha value is -3.12. The average molecular weight is 407 g/mol. The SMILES string of the molecule is COc1ccc([C@H]2CC(c3ccc(C)cc3)=NN2S(=O)(=O)c2ccccc2)cc1. The summed E-state index contributed by atoms with van der Waals surface area (Å²) in [6.07, 6.45) is 0.501. The van der Waals surface area contributed by atoms with Crippen molar-refractivity contribution in [2.45, 2.75) is 24.3 Å². The van der Waals surface area contributed by atoms with Crippen LogP contribution in [-0.4, -0.2) is 25.7 Å². The quantitative estimate of drug-likeness (QED) is 0.625. The van der Waals surface area contributed by atoms with E-state index in [1.165, 1.54) is 4.41 Å². The minimum atomic E-state index is -3.79. The van der Waals surface area contributed by atoms with Gasteiger partial charge in [-0.3, -0.25) is 0 Å². The second-order valence-electron chi connectivity index (χ2n) is 7.00. The van der Waals surface area contributed by atoms with E-state index in [-0.39, 0.29) is 4.90 Å². The number of hydrogen-bond acceptors (Lipinski definition) is 4. The Morgan fingerprint density at radius 1 is 0.931 bits per heavy atom. The van der Waals surface area contributed by atoms with Gasteiger partial charge in [0.1, 0.15) is 5.75 Å². The van der Waals surface area contributed by atoms with Crippen molar-refractivity contribution >= 4 is 15.7 Å². The molecule has 3 aromatic carbocycles. The summed E-state index contributed by atoms with van der Waals surface area (Å²) in [4.78, 5) is 0.229. The molecule has 0 bridgehead atoms. The molecule has 1 atom stereocenters. The lowest BCUT2D eigenvalue weighted by molar-refractivity contribution is 0.370. The van der Waals surface area contributed by atoms with Gasteiger partial charge < -0.3 is 4.74 Å². The standard InChI is InChI=1S/C23H22N2O3S/c1-17-8-10-18(11-9-17)22-16-23(19-12-14-20(28-2)15-13-19)25(24-22)29(26,27)21-6-4-3-5-7-21/h3-15,23H,16H2,1-2H3/t23-/m1/s1. The van der Waals surface area contributed by atoms with Crippen molar-refractivity contribution in [3.63, 3.8) is 0 Å². The highest BCUT2D eigenvalue weighted by atomic mass is 32.2. The molecule has 0 amide bonds. The zero-order valence-electron chi connectivity index (χ0n) is 16.3. The normalized spacial score (nSPS) is 16.6. The van der Waals surface area contributed by atoms with E-state index in [0.717, 1.165) is 28.2 Å². The molecule has 3 aromatic rings. The molecule has 0 N–H and O–H groups in total. The molecule has 5 nitrogen and oxygen atoms in total. The molecular weight excluding hydrogens is 384 g/mol. The Labute approximate surface area is 171 Å². The van der Waals surface area contributed by atoms with Gasteiger partial charge in [-0.25, -0.2) is 0 Å². The maximum absolute atomic E-state index is 13.4. The van der Waals surface area contributed by atoms with E-state index in [1.54, 1.807) is 37.4 Å². The summed E-state index contributed by atoms with van der Waals surface area (Å²) >= 11 is 0. The summed E-state index contributed by atoms with van der Waals surface area (Å²) in [6.45, 7) is 2.02. The third-order valence-electron chi connectivity index (χ3n) is 5.05. The molecule has 1 heterocycles. The number of ether oxygens (including phenoxy) is 1. The van der Waals surface area contributed by atoms with Crippen LogP contribution in [0.1, 0.15) is 29.2 Å². The molecule has 0 spiro atoms. The molecule has 0 saturated heterocycles. The van der Waals surface area contributed by atoms with Crippen molar-refractivity contribution in [3.05, 3.63) is 95.6 Å². The zero-order chi connectivity index (χ0) is 20.4. The highest BCUT2D eigenvalue weighted by Crippen LogP contribution is 2.37. The number of benzene rings is 3. The predicted molar refractivity (Wildman–Crippen MR) is 114 cm³/mol. The molecule has 0 aliphatic carbocycles. The topological polar surface area (TPSA) is 59.0 Å². The molecule has 148 valence electrons. The number of hydrogen-bond donors (Lipinski definition) is 0. The van der Waals surface area contributed by atoms with Crippen LogP contribution in [0.5, 0.6) is 5.75 Å². The third-order valence-corrected chi connectivity index (χ3v) is 6.74. The van der Waals surface area contributed by atoms with Crippen molar-refractivity contribution in [2.24, 2.45) is 5.10 Å². The van der Waals surface area contributed by atoms with Crippen LogP contribution in [0.4, 0.5) is 0 Å². The predicted octanol–water partition coefficient (Wildman–Crippen LogP) is 4.54. The van der Waals surface area contributed by atoms with Gasteiger partial charge in [-0.05, 0) is 42.3 Å². The van der Waals surface area contributed by atoms with Gasteiger partial charge in [-0.1, -0.05) is 60.2 Å². The number of rotatable bonds is 5. The maximum atomic E-state index is 13.4. The number of sulfonamides is 1. The fourth-order valence-corrected chi connectivity index (χ4v) is 4.86. The molecule has 1 aliphatic heterocycles. The number of methoxy groups -OCH3 is 1. The number of nitrogens with zero attached hydrogens (tertiary/aromatic N) is 2. The molecular formula is C23H22N2O3S. The highest BCUT2D eigenvalue weighted by Gasteiger charge is 2.37. The molecule has 6 heteroatoms. The molecule has 1 aliphatic rings. The van der Waals surface area contributed by atoms with E-state index in [2.05, 4.69) is 5.10 Å². The molecule has 0 unspecified atom stereocenters. The van der Waals surface area contributed by atoms with Gasteiger partial charge in [0.15, 0.2) is 0 Å². The van der Waals surface area contributed by atoms with Gasteiger partial charge in [0, 0.05) is 6.42 Å². The summed E-state index contributed by atoms with van der Waals surface area (Å²) in [6, 6.07) is 23.5. The first-order valence-corrected chi connectivity index (χ1v) is 10.8. The lowest BCUT2D eigenvalue weighted by atomic mass is 9.98. The summed E-state index contributed by atoms with van der Waals surface area (Å²) in [7, 11) is -2.18. The smallest absolute Gasteiger partial charge is 0.279 e. The second kappa shape index (κ2) is 7.72. The molecule has 4 rings (SSSR count). The van der Waals surface area contributed by atoms with Gasteiger partial charge in [0.2, 0.25) is 0 Å². The van der Waals surface area contributed by atoms with E-state index in [9.17, 15) is 8.42 Å². The van der Waals surface area contributed by atoms with Gasteiger partial charge >= 0.3 is 0 Å². The maximum Gasteiger partial charge on any atom is 0.279 e. The summed E-state index contributed by atoms with van der Waals surface area (Å²) in [5.74, 6) is 0.726. The van der Waals surface area contributed by atoms with E-state index >= 15 is 0 Å². The fourth-order valence-electron chi connectivity index (χ4n) is 3.41. The first-order valence-electron chi connectivity index (χ1n) is 9.37. The van der Waals surface area contributed by atoms with Crippen molar-refractivity contribution < 1.29 is 13.2 Å². The van der Waals surface area contributed by atoms with Crippen molar-refractivity contribution in [3.8, 4) is 5.75 Å². The Kier molecular flexibility index (Phi) is 5.11. The minimum Gasteiger partial charge on any atom is -0.497 e. The van der Waals surface area contributed by atoms with E-state index < -0.39 is 16.1 Å². The average Bonchev–Trinajstić information content (AvgIpc) is 3.21. The lowest BCUT2D eigenvalue weighted by Gasteiger charge is -2.23. The molecule has 0 aromatic heterocycles. The lowest BCUT2D eigenvalue weighted by Crippen LogP contribution is -2.27. The van der Waals surface area contributed by atoms with Gasteiger partial charge in [-0.2, -0.15) is 17.9 Å². The minimum absolute atomic E-state index is 0.229. The second-order valence-corrected chi connectivity index (χ2v) is 8.79. The highest BCUT2D eigenvalue weighted by molar-refractivity contribution is 7.89. The Bertz CT molecular complexity index is 1120. The summed E-state index contributed by atoms with van der Waals surface area (Å²) in [5, 5.41) is 4.57. The van der Waals surface area contributed by atoms with Crippen LogP contribution in [0.3, 0.4) is 0 Å². The zero-order valence-corrected chi connectivity index (χ0v) is 17.1. The van der Waals surface area contributed by atoms with Crippen LogP contribution in [0.2, 0.25) is 0 Å². The van der Waals surface area contributed by atoms with Crippen molar-refractivity contribution in [1.29, 1.82) is 0 Å².